The third-order valence-corrected chi connectivity index (χ3v) is 5.76. The van der Waals surface area contributed by atoms with Crippen LogP contribution in [-0.4, -0.2) is 5.88 Å². The molecule has 4 rings (SSSR count). The van der Waals surface area contributed by atoms with Gasteiger partial charge in [0.2, 0.25) is 0 Å². The highest BCUT2D eigenvalue weighted by atomic mass is 35.5. The summed E-state index contributed by atoms with van der Waals surface area (Å²) in [6.07, 6.45) is 5.33. The first-order valence-corrected chi connectivity index (χ1v) is 7.86. The fraction of sp³-hybridized carbons (Fsp3) is 0.444. The van der Waals surface area contributed by atoms with Crippen LogP contribution in [0.5, 0.6) is 0 Å². The fourth-order valence-electron chi connectivity index (χ4n) is 4.16. The van der Waals surface area contributed by atoms with Crippen molar-refractivity contribution in [1.82, 2.24) is 0 Å². The first-order chi connectivity index (χ1) is 9.30. The molecular formula is C18H19Cl. The molecule has 0 aromatic heterocycles. The van der Waals surface area contributed by atoms with Crippen LogP contribution in [0, 0.1) is 17.3 Å². The topological polar surface area (TPSA) is 0 Å². The van der Waals surface area contributed by atoms with E-state index in [-0.39, 0.29) is 0 Å². The highest BCUT2D eigenvalue weighted by molar-refractivity contribution is 6.18. The van der Waals surface area contributed by atoms with E-state index in [9.17, 15) is 0 Å². The quantitative estimate of drug-likeness (QED) is 0.686. The lowest BCUT2D eigenvalue weighted by Gasteiger charge is -2.29. The van der Waals surface area contributed by atoms with Crippen LogP contribution >= 0.6 is 11.6 Å². The van der Waals surface area contributed by atoms with Gasteiger partial charge in [-0.15, -0.1) is 11.6 Å². The third kappa shape index (κ3) is 1.97. The van der Waals surface area contributed by atoms with Gasteiger partial charge in [0, 0.05) is 5.88 Å². The molecule has 0 heterocycles. The zero-order valence-electron chi connectivity index (χ0n) is 11.1. The summed E-state index contributed by atoms with van der Waals surface area (Å²) in [6, 6.07) is 15.4. The molecule has 0 N–H and O–H groups in total. The van der Waals surface area contributed by atoms with Crippen LogP contribution in [0.25, 0.3) is 10.8 Å². The normalized spacial score (nSPS) is 32.5. The molecule has 2 aliphatic carbocycles. The number of alkyl halides is 1. The summed E-state index contributed by atoms with van der Waals surface area (Å²) in [5.74, 6) is 2.81. The van der Waals surface area contributed by atoms with Crippen LogP contribution < -0.4 is 0 Å². The molecule has 2 fully saturated rings. The maximum atomic E-state index is 6.35. The minimum Gasteiger partial charge on any atom is -0.126 e. The molecule has 2 atom stereocenters. The summed E-state index contributed by atoms with van der Waals surface area (Å²) in [5.41, 5.74) is 1.86. The standard InChI is InChI=1S/C18H19Cl/c19-12-18(10-15-8-16(15)11-18)9-14-6-3-5-13-4-1-2-7-17(13)14/h1-7,15-16H,8-12H2. The molecule has 2 aromatic carbocycles. The molecule has 0 radical (unpaired) electrons. The Hall–Kier alpha value is -1.01. The number of rotatable bonds is 3. The van der Waals surface area contributed by atoms with E-state index in [1.807, 2.05) is 0 Å². The van der Waals surface area contributed by atoms with Crippen molar-refractivity contribution in [3.63, 3.8) is 0 Å². The molecule has 2 aromatic rings. The van der Waals surface area contributed by atoms with Gasteiger partial charge in [0.05, 0.1) is 0 Å². The van der Waals surface area contributed by atoms with Crippen molar-refractivity contribution in [1.29, 1.82) is 0 Å². The Morgan fingerprint density at radius 1 is 1.00 bits per heavy atom. The summed E-state index contributed by atoms with van der Waals surface area (Å²) in [4.78, 5) is 0. The van der Waals surface area contributed by atoms with Crippen LogP contribution in [0.15, 0.2) is 42.5 Å². The van der Waals surface area contributed by atoms with Crippen molar-refractivity contribution in [3.8, 4) is 0 Å². The highest BCUT2D eigenvalue weighted by Crippen LogP contribution is 2.61. The van der Waals surface area contributed by atoms with Gasteiger partial charge >= 0.3 is 0 Å². The van der Waals surface area contributed by atoms with Gasteiger partial charge in [-0.3, -0.25) is 0 Å². The SMILES string of the molecule is ClCC1(Cc2cccc3ccccc23)CC2CC2C1. The molecule has 0 nitrogen and oxygen atoms in total. The van der Waals surface area contributed by atoms with E-state index in [0.29, 0.717) is 5.41 Å². The van der Waals surface area contributed by atoms with Crippen molar-refractivity contribution in [2.24, 2.45) is 17.3 Å². The average Bonchev–Trinajstić information content (AvgIpc) is 3.07. The number of hydrogen-bond acceptors (Lipinski definition) is 0. The lowest BCUT2D eigenvalue weighted by atomic mass is 9.78. The number of fused-ring (bicyclic) bond motifs is 2. The van der Waals surface area contributed by atoms with Crippen LogP contribution in [0.4, 0.5) is 0 Å². The summed E-state index contributed by atoms with van der Waals surface area (Å²) in [6.45, 7) is 0. The Morgan fingerprint density at radius 3 is 2.53 bits per heavy atom. The minimum absolute atomic E-state index is 0.374. The average molecular weight is 271 g/mol. The summed E-state index contributed by atoms with van der Waals surface area (Å²) in [5, 5.41) is 2.77. The number of halogens is 1. The second kappa shape index (κ2) is 4.24. The smallest absolute Gasteiger partial charge is 0.0283 e. The van der Waals surface area contributed by atoms with Gasteiger partial charge in [-0.2, -0.15) is 0 Å². The zero-order valence-corrected chi connectivity index (χ0v) is 11.9. The van der Waals surface area contributed by atoms with E-state index >= 15 is 0 Å². The van der Waals surface area contributed by atoms with Gasteiger partial charge in [0.25, 0.3) is 0 Å². The Morgan fingerprint density at radius 2 is 1.74 bits per heavy atom. The van der Waals surface area contributed by atoms with Gasteiger partial charge in [-0.25, -0.2) is 0 Å². The zero-order chi connectivity index (χ0) is 12.9. The Balaban J connectivity index is 1.71. The van der Waals surface area contributed by atoms with E-state index in [4.69, 9.17) is 11.6 Å². The number of hydrogen-bond donors (Lipinski definition) is 0. The maximum Gasteiger partial charge on any atom is 0.0283 e. The Bertz CT molecular complexity index is 601. The third-order valence-electron chi connectivity index (χ3n) is 5.19. The van der Waals surface area contributed by atoms with Crippen LogP contribution in [0.3, 0.4) is 0 Å². The predicted molar refractivity (Wildman–Crippen MR) is 81.6 cm³/mol. The first-order valence-electron chi connectivity index (χ1n) is 7.32. The Kier molecular flexibility index (Phi) is 2.63. The van der Waals surface area contributed by atoms with Gasteiger partial charge in [0.1, 0.15) is 0 Å². The lowest BCUT2D eigenvalue weighted by molar-refractivity contribution is 0.304. The predicted octanol–water partition coefficient (Wildman–Crippen LogP) is 5.04. The molecule has 0 aliphatic heterocycles. The van der Waals surface area contributed by atoms with Gasteiger partial charge in [0.15, 0.2) is 0 Å². The molecule has 2 aliphatic rings. The second-order valence-corrected chi connectivity index (χ2v) is 6.88. The van der Waals surface area contributed by atoms with Crippen LogP contribution in [-0.2, 0) is 6.42 Å². The summed E-state index contributed by atoms with van der Waals surface area (Å²) >= 11 is 6.35. The maximum absolute atomic E-state index is 6.35. The summed E-state index contributed by atoms with van der Waals surface area (Å²) in [7, 11) is 0. The molecule has 98 valence electrons. The van der Waals surface area contributed by atoms with Gasteiger partial charge in [-0.1, -0.05) is 42.5 Å². The number of benzene rings is 2. The largest absolute Gasteiger partial charge is 0.126 e. The highest BCUT2D eigenvalue weighted by Gasteiger charge is 2.53. The minimum atomic E-state index is 0.374. The molecule has 19 heavy (non-hydrogen) atoms. The first kappa shape index (κ1) is 11.8. The Labute approximate surface area is 119 Å². The van der Waals surface area contributed by atoms with E-state index < -0.39 is 0 Å². The molecular weight excluding hydrogens is 252 g/mol. The molecule has 0 bridgehead atoms. The van der Waals surface area contributed by atoms with E-state index in [2.05, 4.69) is 42.5 Å². The molecule has 2 saturated carbocycles. The molecule has 0 amide bonds. The van der Waals surface area contributed by atoms with E-state index in [1.54, 1.807) is 0 Å². The van der Waals surface area contributed by atoms with Crippen molar-refractivity contribution in [2.45, 2.75) is 25.7 Å². The van der Waals surface area contributed by atoms with E-state index in [1.165, 1.54) is 35.6 Å². The second-order valence-electron chi connectivity index (χ2n) is 6.61. The summed E-state index contributed by atoms with van der Waals surface area (Å²) < 4.78 is 0. The molecule has 0 spiro atoms. The lowest BCUT2D eigenvalue weighted by Crippen LogP contribution is -2.24. The van der Waals surface area contributed by atoms with Gasteiger partial charge < -0.3 is 0 Å². The van der Waals surface area contributed by atoms with Crippen molar-refractivity contribution >= 4 is 22.4 Å². The van der Waals surface area contributed by atoms with Crippen LogP contribution in [0.2, 0.25) is 0 Å². The van der Waals surface area contributed by atoms with Crippen molar-refractivity contribution < 1.29 is 0 Å². The van der Waals surface area contributed by atoms with E-state index in [0.717, 1.165) is 24.1 Å². The fourth-order valence-corrected chi connectivity index (χ4v) is 4.47. The molecule has 2 unspecified atom stereocenters. The monoisotopic (exact) mass is 270 g/mol. The van der Waals surface area contributed by atoms with Crippen LogP contribution in [0.1, 0.15) is 24.8 Å². The molecule has 1 heteroatoms. The molecule has 0 saturated heterocycles. The van der Waals surface area contributed by atoms with Crippen molar-refractivity contribution in [3.05, 3.63) is 48.0 Å². The van der Waals surface area contributed by atoms with Crippen molar-refractivity contribution in [2.75, 3.05) is 5.88 Å². The van der Waals surface area contributed by atoms with Gasteiger partial charge in [-0.05, 0) is 59.3 Å².